The molecule has 1 heterocycles. The Morgan fingerprint density at radius 1 is 1.04 bits per heavy atom. The molecule has 1 N–H and O–H groups in total. The van der Waals surface area contributed by atoms with Crippen molar-refractivity contribution < 1.29 is 19.4 Å². The van der Waals surface area contributed by atoms with Gasteiger partial charge in [0.05, 0.1) is 0 Å². The van der Waals surface area contributed by atoms with Crippen molar-refractivity contribution in [3.8, 4) is 0 Å². The van der Waals surface area contributed by atoms with Gasteiger partial charge in [0.25, 0.3) is 0 Å². The van der Waals surface area contributed by atoms with E-state index in [1.807, 2.05) is 20.8 Å². The third kappa shape index (κ3) is 5.11. The number of amides is 1. The summed E-state index contributed by atoms with van der Waals surface area (Å²) in [5.41, 5.74) is -0.601. The van der Waals surface area contributed by atoms with Crippen LogP contribution in [0.5, 0.6) is 0 Å². The predicted molar refractivity (Wildman–Crippen MR) is 88.3 cm³/mol. The first-order valence-corrected chi connectivity index (χ1v) is 9.02. The van der Waals surface area contributed by atoms with Gasteiger partial charge in [-0.25, -0.2) is 9.59 Å². The number of nitrogens with zero attached hydrogens (tertiary/aromatic N) is 1. The molecular weight excluding hydrogens is 294 g/mol. The van der Waals surface area contributed by atoms with Crippen LogP contribution in [-0.4, -0.2) is 39.8 Å². The maximum absolute atomic E-state index is 12.5. The van der Waals surface area contributed by atoms with Crippen LogP contribution in [0, 0.1) is 5.92 Å². The lowest BCUT2D eigenvalue weighted by Gasteiger charge is -2.32. The zero-order valence-electron chi connectivity index (χ0n) is 14.7. The number of carboxylic acid groups (broad SMARTS) is 1. The van der Waals surface area contributed by atoms with Crippen molar-refractivity contribution in [1.82, 2.24) is 4.90 Å². The van der Waals surface area contributed by atoms with E-state index in [1.165, 1.54) is 37.0 Å². The largest absolute Gasteiger partial charge is 0.480 e. The third-order valence-corrected chi connectivity index (χ3v) is 5.02. The van der Waals surface area contributed by atoms with Gasteiger partial charge in [-0.3, -0.25) is 4.90 Å². The Kier molecular flexibility index (Phi) is 5.93. The minimum absolute atomic E-state index is 0.00729. The van der Waals surface area contributed by atoms with Crippen molar-refractivity contribution in [2.45, 2.75) is 96.2 Å². The molecule has 1 saturated carbocycles. The van der Waals surface area contributed by atoms with Gasteiger partial charge in [0.1, 0.15) is 11.6 Å². The smallest absolute Gasteiger partial charge is 0.411 e. The number of aliphatic carboxylic acids is 1. The minimum Gasteiger partial charge on any atom is -0.480 e. The topological polar surface area (TPSA) is 66.8 Å². The summed E-state index contributed by atoms with van der Waals surface area (Å²) >= 11 is 0. The molecule has 5 heteroatoms. The van der Waals surface area contributed by atoms with Gasteiger partial charge < -0.3 is 9.84 Å². The molecule has 0 aromatic rings. The first kappa shape index (κ1) is 18.1. The Morgan fingerprint density at radius 2 is 1.70 bits per heavy atom. The van der Waals surface area contributed by atoms with Crippen LogP contribution in [0.1, 0.15) is 78.6 Å². The van der Waals surface area contributed by atoms with Gasteiger partial charge in [0, 0.05) is 6.04 Å². The van der Waals surface area contributed by atoms with Crippen LogP contribution in [0.15, 0.2) is 0 Å². The van der Waals surface area contributed by atoms with E-state index in [2.05, 4.69) is 0 Å². The van der Waals surface area contributed by atoms with Crippen LogP contribution in [0.3, 0.4) is 0 Å². The van der Waals surface area contributed by atoms with Crippen LogP contribution < -0.4 is 0 Å². The van der Waals surface area contributed by atoms with E-state index < -0.39 is 23.7 Å². The first-order valence-electron chi connectivity index (χ1n) is 9.02. The fourth-order valence-electron chi connectivity index (χ4n) is 3.90. The number of hydrogen-bond acceptors (Lipinski definition) is 3. The number of carboxylic acids is 1. The lowest BCUT2D eigenvalue weighted by Crippen LogP contribution is -2.47. The number of carbonyl (C=O) groups is 2. The molecule has 0 spiro atoms. The molecular formula is C18H31NO4. The van der Waals surface area contributed by atoms with E-state index in [9.17, 15) is 14.7 Å². The fourth-order valence-corrected chi connectivity index (χ4v) is 3.90. The summed E-state index contributed by atoms with van der Waals surface area (Å²) in [6.07, 6.45) is 9.33. The molecule has 2 aliphatic rings. The van der Waals surface area contributed by atoms with E-state index in [1.54, 1.807) is 0 Å². The Bertz CT molecular complexity index is 423. The second-order valence-corrected chi connectivity index (χ2v) is 8.05. The van der Waals surface area contributed by atoms with Crippen molar-refractivity contribution in [2.24, 2.45) is 5.92 Å². The van der Waals surface area contributed by atoms with E-state index in [4.69, 9.17) is 4.74 Å². The lowest BCUT2D eigenvalue weighted by molar-refractivity contribution is -0.142. The summed E-state index contributed by atoms with van der Waals surface area (Å²) in [7, 11) is 0. The van der Waals surface area contributed by atoms with Crippen LogP contribution >= 0.6 is 0 Å². The van der Waals surface area contributed by atoms with Crippen molar-refractivity contribution in [3.63, 3.8) is 0 Å². The Balaban J connectivity index is 1.98. The average molecular weight is 325 g/mol. The second-order valence-electron chi connectivity index (χ2n) is 8.05. The number of ether oxygens (including phenoxy) is 1. The highest BCUT2D eigenvalue weighted by Gasteiger charge is 2.42. The van der Waals surface area contributed by atoms with E-state index in [0.29, 0.717) is 6.42 Å². The SMILES string of the molecule is CC(C)(C)OC(=O)N1[C@@H](CCC2CCCCC2)CC[C@H]1C(=O)O. The monoisotopic (exact) mass is 325 g/mol. The molecule has 2 rings (SSSR count). The van der Waals surface area contributed by atoms with Gasteiger partial charge in [-0.05, 0) is 52.4 Å². The van der Waals surface area contributed by atoms with Crippen LogP contribution in [-0.2, 0) is 9.53 Å². The van der Waals surface area contributed by atoms with Crippen LogP contribution in [0.2, 0.25) is 0 Å². The summed E-state index contributed by atoms with van der Waals surface area (Å²) in [6.45, 7) is 5.44. The third-order valence-electron chi connectivity index (χ3n) is 5.02. The van der Waals surface area contributed by atoms with Gasteiger partial charge in [-0.2, -0.15) is 0 Å². The maximum Gasteiger partial charge on any atom is 0.411 e. The first-order chi connectivity index (χ1) is 10.8. The van der Waals surface area contributed by atoms with Crippen LogP contribution in [0.4, 0.5) is 4.79 Å². The average Bonchev–Trinajstić information content (AvgIpc) is 2.88. The standard InChI is InChI=1S/C18H31NO4/c1-18(2,3)23-17(22)19-14(11-12-15(19)16(20)21)10-9-13-7-5-4-6-8-13/h13-15H,4-12H2,1-3H3,(H,20,21)/t14-,15-/m0/s1. The second kappa shape index (κ2) is 7.54. The Hall–Kier alpha value is -1.26. The van der Waals surface area contributed by atoms with Crippen molar-refractivity contribution in [3.05, 3.63) is 0 Å². The summed E-state index contributed by atoms with van der Waals surface area (Å²) in [5.74, 6) is -0.177. The maximum atomic E-state index is 12.5. The van der Waals surface area contributed by atoms with Gasteiger partial charge in [-0.1, -0.05) is 32.1 Å². The number of likely N-dealkylation sites (tertiary alicyclic amines) is 1. The molecule has 2 atom stereocenters. The van der Waals surface area contributed by atoms with Gasteiger partial charge >= 0.3 is 12.1 Å². The highest BCUT2D eigenvalue weighted by Crippen LogP contribution is 2.33. The molecule has 132 valence electrons. The lowest BCUT2D eigenvalue weighted by atomic mass is 9.85. The number of carbonyl (C=O) groups excluding carboxylic acids is 1. The molecule has 0 aromatic carbocycles. The quantitative estimate of drug-likeness (QED) is 0.841. The highest BCUT2D eigenvalue weighted by atomic mass is 16.6. The summed E-state index contributed by atoms with van der Waals surface area (Å²) in [6, 6.07) is -0.728. The number of hydrogen-bond donors (Lipinski definition) is 1. The molecule has 1 amide bonds. The summed E-state index contributed by atoms with van der Waals surface area (Å²) in [4.78, 5) is 25.5. The van der Waals surface area contributed by atoms with Crippen molar-refractivity contribution in [1.29, 1.82) is 0 Å². The molecule has 0 bridgehead atoms. The molecule has 1 aliphatic heterocycles. The van der Waals surface area contributed by atoms with Crippen molar-refractivity contribution >= 4 is 12.1 Å². The van der Waals surface area contributed by atoms with Gasteiger partial charge in [-0.15, -0.1) is 0 Å². The van der Waals surface area contributed by atoms with E-state index in [-0.39, 0.29) is 6.04 Å². The normalized spacial score (nSPS) is 26.3. The number of rotatable bonds is 4. The minimum atomic E-state index is -0.920. The fraction of sp³-hybridized carbons (Fsp3) is 0.889. The van der Waals surface area contributed by atoms with E-state index >= 15 is 0 Å². The molecule has 0 radical (unpaired) electrons. The zero-order valence-corrected chi connectivity index (χ0v) is 14.7. The zero-order chi connectivity index (χ0) is 17.0. The Morgan fingerprint density at radius 3 is 2.26 bits per heavy atom. The molecule has 1 saturated heterocycles. The van der Waals surface area contributed by atoms with E-state index in [0.717, 1.165) is 25.2 Å². The highest BCUT2D eigenvalue weighted by molar-refractivity contribution is 5.81. The molecule has 2 fully saturated rings. The summed E-state index contributed by atoms with van der Waals surface area (Å²) < 4.78 is 5.45. The predicted octanol–water partition coefficient (Wildman–Crippen LogP) is 4.20. The molecule has 1 aliphatic carbocycles. The Labute approximate surface area is 139 Å². The molecule has 0 unspecified atom stereocenters. The molecule has 0 aromatic heterocycles. The van der Waals surface area contributed by atoms with Gasteiger partial charge in [0.2, 0.25) is 0 Å². The molecule has 5 nitrogen and oxygen atoms in total. The van der Waals surface area contributed by atoms with Gasteiger partial charge in [0.15, 0.2) is 0 Å². The van der Waals surface area contributed by atoms with Crippen LogP contribution in [0.25, 0.3) is 0 Å². The van der Waals surface area contributed by atoms with Crippen molar-refractivity contribution in [2.75, 3.05) is 0 Å². The summed E-state index contributed by atoms with van der Waals surface area (Å²) in [5, 5.41) is 9.42. The molecule has 23 heavy (non-hydrogen) atoms.